The largest absolute Gasteiger partial charge is 0.356 e. The van der Waals surface area contributed by atoms with E-state index in [2.05, 4.69) is 20.5 Å². The second-order valence-electron chi connectivity index (χ2n) is 7.57. The summed E-state index contributed by atoms with van der Waals surface area (Å²) in [6.45, 7) is 6.10. The molecule has 8 heteroatoms. The van der Waals surface area contributed by atoms with E-state index < -0.39 is 6.43 Å². The molecule has 0 atom stereocenters. The highest BCUT2D eigenvalue weighted by Crippen LogP contribution is 2.12. The minimum Gasteiger partial charge on any atom is -0.356 e. The Kier molecular flexibility index (Phi) is 13.5. The number of nitrogens with zero attached hydrogens (tertiary/aromatic N) is 3. The van der Waals surface area contributed by atoms with Crippen molar-refractivity contribution < 1.29 is 8.78 Å². The number of guanidine groups is 1. The van der Waals surface area contributed by atoms with Crippen molar-refractivity contribution in [2.24, 2.45) is 4.99 Å². The summed E-state index contributed by atoms with van der Waals surface area (Å²) in [4.78, 5) is 8.74. The second-order valence-corrected chi connectivity index (χ2v) is 7.57. The first-order valence-corrected chi connectivity index (χ1v) is 10.4. The Balaban J connectivity index is 0.00000364. The van der Waals surface area contributed by atoms with Crippen LogP contribution in [0.5, 0.6) is 0 Å². The molecular formula is C19H38F2IN5. The summed E-state index contributed by atoms with van der Waals surface area (Å²) in [5, 5.41) is 6.83. The third kappa shape index (κ3) is 10.8. The molecule has 2 rings (SSSR count). The van der Waals surface area contributed by atoms with Crippen LogP contribution in [0.15, 0.2) is 4.99 Å². The number of unbranched alkanes of at least 4 members (excludes halogenated alkanes) is 2. The number of nitrogens with one attached hydrogen (secondary N) is 2. The fraction of sp³-hybridized carbons (Fsp3) is 0.947. The fourth-order valence-corrected chi connectivity index (χ4v) is 3.87. The summed E-state index contributed by atoms with van der Waals surface area (Å²) in [6, 6.07) is 0.328. The van der Waals surface area contributed by atoms with Gasteiger partial charge < -0.3 is 15.5 Å². The molecule has 2 fully saturated rings. The number of alkyl halides is 2. The monoisotopic (exact) mass is 501 g/mol. The molecule has 2 N–H and O–H groups in total. The molecule has 0 aromatic carbocycles. The molecule has 27 heavy (non-hydrogen) atoms. The van der Waals surface area contributed by atoms with Crippen LogP contribution in [-0.2, 0) is 0 Å². The maximum Gasteiger partial charge on any atom is 0.251 e. The van der Waals surface area contributed by atoms with Crippen LogP contribution in [0.4, 0.5) is 8.78 Å². The molecule has 0 saturated carbocycles. The van der Waals surface area contributed by atoms with Crippen LogP contribution in [0.3, 0.4) is 0 Å². The average molecular weight is 501 g/mol. The smallest absolute Gasteiger partial charge is 0.251 e. The summed E-state index contributed by atoms with van der Waals surface area (Å²) in [5.74, 6) is 0.841. The SMILES string of the molecule is CN=C(NCCCCCN1CCCCC1)NC1CCN(CC(F)F)CC1.I. The molecule has 0 amide bonds. The van der Waals surface area contributed by atoms with Crippen molar-refractivity contribution in [1.29, 1.82) is 0 Å². The molecule has 0 bridgehead atoms. The van der Waals surface area contributed by atoms with E-state index in [-0.39, 0.29) is 30.5 Å². The minimum atomic E-state index is -2.23. The van der Waals surface area contributed by atoms with E-state index in [1.807, 2.05) is 4.90 Å². The lowest BCUT2D eigenvalue weighted by atomic mass is 10.1. The van der Waals surface area contributed by atoms with Crippen molar-refractivity contribution >= 4 is 29.9 Å². The number of halogens is 3. The third-order valence-corrected chi connectivity index (χ3v) is 5.44. The summed E-state index contributed by atoms with van der Waals surface area (Å²) in [5.41, 5.74) is 0. The lowest BCUT2D eigenvalue weighted by Gasteiger charge is -2.32. The lowest BCUT2D eigenvalue weighted by Crippen LogP contribution is -2.49. The Morgan fingerprint density at radius 2 is 1.70 bits per heavy atom. The van der Waals surface area contributed by atoms with Gasteiger partial charge in [0, 0.05) is 32.7 Å². The molecule has 5 nitrogen and oxygen atoms in total. The van der Waals surface area contributed by atoms with E-state index in [1.165, 1.54) is 51.7 Å². The molecule has 0 aromatic heterocycles. The number of aliphatic imine (C=N–C) groups is 1. The van der Waals surface area contributed by atoms with Gasteiger partial charge in [-0.2, -0.15) is 0 Å². The maximum absolute atomic E-state index is 12.4. The molecule has 0 spiro atoms. The molecule has 0 aromatic rings. The Morgan fingerprint density at radius 1 is 1.00 bits per heavy atom. The van der Waals surface area contributed by atoms with Crippen molar-refractivity contribution in [2.45, 2.75) is 63.8 Å². The summed E-state index contributed by atoms with van der Waals surface area (Å²) < 4.78 is 24.9. The maximum atomic E-state index is 12.4. The molecule has 2 saturated heterocycles. The predicted molar refractivity (Wildman–Crippen MR) is 120 cm³/mol. The molecular weight excluding hydrogens is 463 g/mol. The summed E-state index contributed by atoms with van der Waals surface area (Å²) in [6.07, 6.45) is 7.35. The van der Waals surface area contributed by atoms with Gasteiger partial charge in [-0.3, -0.25) is 9.89 Å². The van der Waals surface area contributed by atoms with Gasteiger partial charge in [-0.25, -0.2) is 8.78 Å². The number of piperidine rings is 2. The van der Waals surface area contributed by atoms with Crippen molar-refractivity contribution in [3.8, 4) is 0 Å². The van der Waals surface area contributed by atoms with Crippen LogP contribution in [-0.4, -0.2) is 81.1 Å². The first-order chi connectivity index (χ1) is 12.7. The van der Waals surface area contributed by atoms with Crippen molar-refractivity contribution in [1.82, 2.24) is 20.4 Å². The van der Waals surface area contributed by atoms with Gasteiger partial charge in [-0.05, 0) is 58.2 Å². The van der Waals surface area contributed by atoms with E-state index in [4.69, 9.17) is 0 Å². The Labute approximate surface area is 180 Å². The van der Waals surface area contributed by atoms with E-state index in [1.54, 1.807) is 7.05 Å². The zero-order valence-electron chi connectivity index (χ0n) is 16.8. The van der Waals surface area contributed by atoms with Crippen molar-refractivity contribution in [3.63, 3.8) is 0 Å². The Bertz CT molecular complexity index is 398. The molecule has 160 valence electrons. The van der Waals surface area contributed by atoms with Crippen molar-refractivity contribution in [3.05, 3.63) is 0 Å². The van der Waals surface area contributed by atoms with Gasteiger partial charge in [-0.15, -0.1) is 24.0 Å². The van der Waals surface area contributed by atoms with E-state index in [9.17, 15) is 8.78 Å². The lowest BCUT2D eigenvalue weighted by molar-refractivity contribution is 0.0744. The fourth-order valence-electron chi connectivity index (χ4n) is 3.87. The van der Waals surface area contributed by atoms with Gasteiger partial charge in [0.1, 0.15) is 0 Å². The van der Waals surface area contributed by atoms with Crippen LogP contribution >= 0.6 is 24.0 Å². The molecule has 2 aliphatic heterocycles. The number of rotatable bonds is 9. The number of likely N-dealkylation sites (tertiary alicyclic amines) is 2. The normalized spacial score (nSPS) is 20.5. The van der Waals surface area contributed by atoms with Gasteiger partial charge in [0.2, 0.25) is 0 Å². The molecule has 2 heterocycles. The zero-order valence-corrected chi connectivity index (χ0v) is 19.1. The van der Waals surface area contributed by atoms with Gasteiger partial charge in [0.25, 0.3) is 6.43 Å². The van der Waals surface area contributed by atoms with Gasteiger partial charge in [0.15, 0.2) is 5.96 Å². The minimum absolute atomic E-state index is 0. The summed E-state index contributed by atoms with van der Waals surface area (Å²) >= 11 is 0. The average Bonchev–Trinajstić information content (AvgIpc) is 2.65. The molecule has 0 unspecified atom stereocenters. The molecule has 2 aliphatic rings. The first-order valence-electron chi connectivity index (χ1n) is 10.4. The number of hydrogen-bond acceptors (Lipinski definition) is 3. The van der Waals surface area contributed by atoms with E-state index >= 15 is 0 Å². The second kappa shape index (κ2) is 14.7. The van der Waals surface area contributed by atoms with Crippen molar-refractivity contribution in [2.75, 3.05) is 52.9 Å². The standard InChI is InChI=1S/C19H37F2N5.HI/c1-22-19(24-17-8-14-26(15-9-17)16-18(20)21)23-10-4-2-5-11-25-12-6-3-7-13-25;/h17-18H,2-16H2,1H3,(H2,22,23,24);1H. The quantitative estimate of drug-likeness (QED) is 0.221. The van der Waals surface area contributed by atoms with E-state index in [0.29, 0.717) is 6.04 Å². The highest BCUT2D eigenvalue weighted by molar-refractivity contribution is 14.0. The number of hydrogen-bond donors (Lipinski definition) is 2. The van der Waals surface area contributed by atoms with Gasteiger partial charge >= 0.3 is 0 Å². The van der Waals surface area contributed by atoms with Gasteiger partial charge in [-0.1, -0.05) is 12.8 Å². The highest BCUT2D eigenvalue weighted by Gasteiger charge is 2.21. The Morgan fingerprint density at radius 3 is 2.33 bits per heavy atom. The van der Waals surface area contributed by atoms with Crippen LogP contribution in [0.2, 0.25) is 0 Å². The zero-order chi connectivity index (χ0) is 18.6. The summed E-state index contributed by atoms with van der Waals surface area (Å²) in [7, 11) is 1.79. The van der Waals surface area contributed by atoms with E-state index in [0.717, 1.165) is 44.9 Å². The van der Waals surface area contributed by atoms with Crippen LogP contribution in [0.25, 0.3) is 0 Å². The molecule has 0 radical (unpaired) electrons. The van der Waals surface area contributed by atoms with Crippen LogP contribution < -0.4 is 10.6 Å². The molecule has 0 aliphatic carbocycles. The topological polar surface area (TPSA) is 42.9 Å². The van der Waals surface area contributed by atoms with Crippen LogP contribution in [0, 0.1) is 0 Å². The Hall–Kier alpha value is -0.220. The predicted octanol–water partition coefficient (Wildman–Crippen LogP) is 3.16. The first kappa shape index (κ1) is 24.8. The van der Waals surface area contributed by atoms with Crippen LogP contribution in [0.1, 0.15) is 51.4 Å². The highest BCUT2D eigenvalue weighted by atomic mass is 127. The van der Waals surface area contributed by atoms with Gasteiger partial charge in [0.05, 0.1) is 6.54 Å². The third-order valence-electron chi connectivity index (χ3n) is 5.44.